The van der Waals surface area contributed by atoms with Gasteiger partial charge in [0.05, 0.1) is 5.84 Å². The third kappa shape index (κ3) is 3.56. The third-order valence-corrected chi connectivity index (χ3v) is 2.13. The predicted octanol–water partition coefficient (Wildman–Crippen LogP) is 2.18. The van der Waals surface area contributed by atoms with E-state index in [4.69, 9.17) is 0 Å². The van der Waals surface area contributed by atoms with Crippen molar-refractivity contribution in [3.05, 3.63) is 12.2 Å². The standard InChI is InChI=1S/C10H20N2/c1-8(2)9(3)7-12(6)10(4)11-5/h8H,3,7H2,1-2,4-6H3. The highest BCUT2D eigenvalue weighted by Crippen LogP contribution is 2.07. The maximum absolute atomic E-state index is 4.10. The minimum Gasteiger partial charge on any atom is -0.360 e. The van der Waals surface area contributed by atoms with Crippen LogP contribution in [0.3, 0.4) is 0 Å². The van der Waals surface area contributed by atoms with E-state index in [1.807, 2.05) is 21.0 Å². The maximum Gasteiger partial charge on any atom is 0.0954 e. The van der Waals surface area contributed by atoms with E-state index in [1.165, 1.54) is 5.57 Å². The van der Waals surface area contributed by atoms with Crippen LogP contribution in [0.5, 0.6) is 0 Å². The van der Waals surface area contributed by atoms with Crippen LogP contribution in [-0.4, -0.2) is 31.4 Å². The first-order chi connectivity index (χ1) is 5.49. The quantitative estimate of drug-likeness (QED) is 0.358. The smallest absolute Gasteiger partial charge is 0.0954 e. The molecule has 0 rings (SSSR count). The highest BCUT2D eigenvalue weighted by Gasteiger charge is 2.04. The van der Waals surface area contributed by atoms with Gasteiger partial charge in [0, 0.05) is 20.6 Å². The highest BCUT2D eigenvalue weighted by molar-refractivity contribution is 5.79. The lowest BCUT2D eigenvalue weighted by Gasteiger charge is -2.21. The largest absolute Gasteiger partial charge is 0.360 e. The zero-order valence-electron chi connectivity index (χ0n) is 8.89. The van der Waals surface area contributed by atoms with Crippen molar-refractivity contribution in [1.29, 1.82) is 0 Å². The molecule has 0 bridgehead atoms. The molecule has 0 heterocycles. The molecule has 12 heavy (non-hydrogen) atoms. The molecule has 0 aromatic heterocycles. The molecule has 70 valence electrons. The Labute approximate surface area is 76.0 Å². The summed E-state index contributed by atoms with van der Waals surface area (Å²) in [5.74, 6) is 1.61. The number of amidine groups is 1. The Morgan fingerprint density at radius 2 is 2.00 bits per heavy atom. The van der Waals surface area contributed by atoms with Gasteiger partial charge in [0.1, 0.15) is 0 Å². The molecule has 2 nitrogen and oxygen atoms in total. The molecule has 0 saturated heterocycles. The average molecular weight is 168 g/mol. The summed E-state index contributed by atoms with van der Waals surface area (Å²) in [5, 5.41) is 0. The Bertz CT molecular complexity index is 180. The zero-order valence-corrected chi connectivity index (χ0v) is 8.89. The number of rotatable bonds is 3. The first-order valence-electron chi connectivity index (χ1n) is 4.31. The Morgan fingerprint density at radius 1 is 1.50 bits per heavy atom. The van der Waals surface area contributed by atoms with Crippen LogP contribution in [0, 0.1) is 5.92 Å². The van der Waals surface area contributed by atoms with Crippen LogP contribution in [0.4, 0.5) is 0 Å². The van der Waals surface area contributed by atoms with Crippen LogP contribution in [0.2, 0.25) is 0 Å². The van der Waals surface area contributed by atoms with Gasteiger partial charge in [-0.05, 0) is 12.8 Å². The van der Waals surface area contributed by atoms with Crippen molar-refractivity contribution in [3.8, 4) is 0 Å². The van der Waals surface area contributed by atoms with Crippen molar-refractivity contribution >= 4 is 5.84 Å². The lowest BCUT2D eigenvalue weighted by Crippen LogP contribution is -2.27. The van der Waals surface area contributed by atoms with Gasteiger partial charge in [0.2, 0.25) is 0 Å². The summed E-state index contributed by atoms with van der Waals surface area (Å²) in [6, 6.07) is 0. The molecule has 2 heteroatoms. The van der Waals surface area contributed by atoms with Crippen LogP contribution in [0.25, 0.3) is 0 Å². The van der Waals surface area contributed by atoms with Crippen molar-refractivity contribution in [2.24, 2.45) is 10.9 Å². The van der Waals surface area contributed by atoms with E-state index in [2.05, 4.69) is 30.3 Å². The lowest BCUT2D eigenvalue weighted by molar-refractivity contribution is 0.516. The molecular formula is C10H20N2. The molecule has 0 unspecified atom stereocenters. The van der Waals surface area contributed by atoms with E-state index in [1.54, 1.807) is 0 Å². The maximum atomic E-state index is 4.10. The predicted molar refractivity (Wildman–Crippen MR) is 55.6 cm³/mol. The minimum absolute atomic E-state index is 0.553. The molecule has 0 aliphatic rings. The second kappa shape index (κ2) is 4.96. The molecule has 0 spiro atoms. The SMILES string of the molecule is C=C(CN(C)C(C)=NC)C(C)C. The van der Waals surface area contributed by atoms with Gasteiger partial charge in [-0.2, -0.15) is 0 Å². The summed E-state index contributed by atoms with van der Waals surface area (Å²) >= 11 is 0. The van der Waals surface area contributed by atoms with Gasteiger partial charge in [-0.25, -0.2) is 0 Å². The summed E-state index contributed by atoms with van der Waals surface area (Å²) in [4.78, 5) is 6.22. The minimum atomic E-state index is 0.553. The molecule has 0 aliphatic heterocycles. The molecular weight excluding hydrogens is 148 g/mol. The number of hydrogen-bond donors (Lipinski definition) is 0. The second-order valence-electron chi connectivity index (χ2n) is 3.44. The van der Waals surface area contributed by atoms with E-state index in [0.29, 0.717) is 5.92 Å². The molecule has 0 saturated carbocycles. The van der Waals surface area contributed by atoms with E-state index in [-0.39, 0.29) is 0 Å². The zero-order chi connectivity index (χ0) is 9.72. The Hall–Kier alpha value is -0.790. The first kappa shape index (κ1) is 11.2. The number of aliphatic imine (C=N–C) groups is 1. The fourth-order valence-corrected chi connectivity index (χ4v) is 0.772. The van der Waals surface area contributed by atoms with Gasteiger partial charge in [-0.1, -0.05) is 26.0 Å². The fraction of sp³-hybridized carbons (Fsp3) is 0.700. The molecule has 0 aromatic carbocycles. The van der Waals surface area contributed by atoms with Crippen molar-refractivity contribution < 1.29 is 0 Å². The van der Waals surface area contributed by atoms with Crippen LogP contribution >= 0.6 is 0 Å². The second-order valence-corrected chi connectivity index (χ2v) is 3.44. The van der Waals surface area contributed by atoms with Crippen molar-refractivity contribution in [3.63, 3.8) is 0 Å². The van der Waals surface area contributed by atoms with Gasteiger partial charge >= 0.3 is 0 Å². The van der Waals surface area contributed by atoms with Crippen LogP contribution in [0.1, 0.15) is 20.8 Å². The number of nitrogens with zero attached hydrogens (tertiary/aromatic N) is 2. The summed E-state index contributed by atoms with van der Waals surface area (Å²) < 4.78 is 0. The fourth-order valence-electron chi connectivity index (χ4n) is 0.772. The first-order valence-corrected chi connectivity index (χ1v) is 4.31. The van der Waals surface area contributed by atoms with E-state index >= 15 is 0 Å². The monoisotopic (exact) mass is 168 g/mol. The molecule has 0 aliphatic carbocycles. The number of hydrogen-bond acceptors (Lipinski definition) is 1. The molecule has 0 N–H and O–H groups in total. The lowest BCUT2D eigenvalue weighted by atomic mass is 10.1. The Morgan fingerprint density at radius 3 is 2.33 bits per heavy atom. The third-order valence-electron chi connectivity index (χ3n) is 2.13. The molecule has 0 amide bonds. The summed E-state index contributed by atoms with van der Waals surface area (Å²) in [6.07, 6.45) is 0. The number of likely N-dealkylation sites (N-methyl/N-ethyl adjacent to an activating group) is 1. The summed E-state index contributed by atoms with van der Waals surface area (Å²) in [5.41, 5.74) is 1.25. The van der Waals surface area contributed by atoms with Crippen LogP contribution in [0.15, 0.2) is 17.1 Å². The molecule has 0 radical (unpaired) electrons. The molecule has 0 fully saturated rings. The Kier molecular flexibility index (Phi) is 4.64. The highest BCUT2D eigenvalue weighted by atomic mass is 15.1. The van der Waals surface area contributed by atoms with Gasteiger partial charge in [0.25, 0.3) is 0 Å². The van der Waals surface area contributed by atoms with Crippen molar-refractivity contribution in [1.82, 2.24) is 4.90 Å². The van der Waals surface area contributed by atoms with Gasteiger partial charge in [0.15, 0.2) is 0 Å². The van der Waals surface area contributed by atoms with Gasteiger partial charge < -0.3 is 4.90 Å². The van der Waals surface area contributed by atoms with Crippen LogP contribution in [-0.2, 0) is 0 Å². The molecule has 0 atom stereocenters. The summed E-state index contributed by atoms with van der Waals surface area (Å²) in [7, 11) is 3.85. The Balaban J connectivity index is 4.01. The van der Waals surface area contributed by atoms with Crippen molar-refractivity contribution in [2.75, 3.05) is 20.6 Å². The summed E-state index contributed by atoms with van der Waals surface area (Å²) in [6.45, 7) is 11.2. The van der Waals surface area contributed by atoms with Gasteiger partial charge in [-0.3, -0.25) is 4.99 Å². The normalized spacial score (nSPS) is 12.0. The van der Waals surface area contributed by atoms with Crippen LogP contribution < -0.4 is 0 Å². The van der Waals surface area contributed by atoms with E-state index < -0.39 is 0 Å². The van der Waals surface area contributed by atoms with E-state index in [9.17, 15) is 0 Å². The average Bonchev–Trinajstić information content (AvgIpc) is 2.02. The van der Waals surface area contributed by atoms with Crippen molar-refractivity contribution in [2.45, 2.75) is 20.8 Å². The topological polar surface area (TPSA) is 15.6 Å². The molecule has 0 aromatic rings. The van der Waals surface area contributed by atoms with Gasteiger partial charge in [-0.15, -0.1) is 0 Å². The van der Waals surface area contributed by atoms with E-state index in [0.717, 1.165) is 12.4 Å².